The molecule has 106 valence electrons. The number of carbonyl (C=O) groups excluding carboxylic acids is 1. The Morgan fingerprint density at radius 2 is 2.16 bits per heavy atom. The average molecular weight is 304 g/mol. The molecule has 0 unspecified atom stereocenters. The summed E-state index contributed by atoms with van der Waals surface area (Å²) in [6.07, 6.45) is 0.363. The molecule has 1 fully saturated rings. The van der Waals surface area contributed by atoms with Crippen LogP contribution in [0.4, 0.5) is 0 Å². The van der Waals surface area contributed by atoms with E-state index in [1.165, 1.54) is 11.3 Å². The van der Waals surface area contributed by atoms with Gasteiger partial charge in [0.15, 0.2) is 0 Å². The van der Waals surface area contributed by atoms with Crippen molar-refractivity contribution < 1.29 is 9.90 Å². The molecule has 0 aromatic carbocycles. The Morgan fingerprint density at radius 3 is 2.74 bits per heavy atom. The lowest BCUT2D eigenvalue weighted by Crippen LogP contribution is -2.49. The fourth-order valence-corrected chi connectivity index (χ4v) is 3.11. The molecule has 0 atom stereocenters. The van der Waals surface area contributed by atoms with E-state index in [2.05, 4.69) is 9.88 Å². The largest absolute Gasteiger partial charge is 0.395 e. The topological polar surface area (TPSA) is 56.7 Å². The van der Waals surface area contributed by atoms with Crippen molar-refractivity contribution in [1.82, 2.24) is 14.8 Å². The number of aromatic nitrogens is 1. The minimum Gasteiger partial charge on any atom is -0.395 e. The number of amides is 1. The third kappa shape index (κ3) is 4.14. The van der Waals surface area contributed by atoms with Gasteiger partial charge < -0.3 is 10.0 Å². The lowest BCUT2D eigenvalue weighted by atomic mass is 10.3. The number of halogens is 1. The number of hydrogen-bond acceptors (Lipinski definition) is 5. The molecule has 0 spiro atoms. The summed E-state index contributed by atoms with van der Waals surface area (Å²) in [4.78, 5) is 20.5. The fourth-order valence-electron chi connectivity index (χ4n) is 2.09. The van der Waals surface area contributed by atoms with Gasteiger partial charge in [0.25, 0.3) is 0 Å². The van der Waals surface area contributed by atoms with Crippen LogP contribution in [0, 0.1) is 0 Å². The summed E-state index contributed by atoms with van der Waals surface area (Å²) in [6.45, 7) is 3.98. The van der Waals surface area contributed by atoms with Crippen LogP contribution in [0.25, 0.3) is 0 Å². The van der Waals surface area contributed by atoms with Gasteiger partial charge in [0.05, 0.1) is 24.6 Å². The molecule has 1 aromatic heterocycles. The Balaban J connectivity index is 1.81. The third-order valence-electron chi connectivity index (χ3n) is 3.18. The second-order valence-corrected chi connectivity index (χ2v) is 5.70. The number of nitrogens with zero attached hydrogens (tertiary/aromatic N) is 3. The number of carbonyl (C=O) groups is 1. The van der Waals surface area contributed by atoms with Crippen molar-refractivity contribution in [1.29, 1.82) is 0 Å². The Hall–Kier alpha value is -0.690. The van der Waals surface area contributed by atoms with Gasteiger partial charge >= 0.3 is 0 Å². The first-order chi connectivity index (χ1) is 9.22. The quantitative estimate of drug-likeness (QED) is 0.808. The monoisotopic (exact) mass is 303 g/mol. The first kappa shape index (κ1) is 14.7. The third-order valence-corrected chi connectivity index (χ3v) is 4.35. The van der Waals surface area contributed by atoms with E-state index in [0.29, 0.717) is 18.8 Å². The van der Waals surface area contributed by atoms with Crippen LogP contribution >= 0.6 is 22.9 Å². The number of aliphatic hydroxyl groups is 1. The van der Waals surface area contributed by atoms with Crippen LogP contribution in [0.5, 0.6) is 0 Å². The van der Waals surface area contributed by atoms with E-state index in [4.69, 9.17) is 16.7 Å². The summed E-state index contributed by atoms with van der Waals surface area (Å²) in [5, 5.41) is 11.6. The number of alkyl halides is 1. The number of piperazine rings is 1. The van der Waals surface area contributed by atoms with E-state index in [-0.39, 0.29) is 12.5 Å². The van der Waals surface area contributed by atoms with E-state index in [1.54, 1.807) is 0 Å². The standard InChI is InChI=1S/C12H18ClN3O2S/c13-8-10-9-19-11(14-10)7-12(18)16-3-1-15(2-4-16)5-6-17/h9,17H,1-8H2. The van der Waals surface area contributed by atoms with Crippen molar-refractivity contribution in [3.63, 3.8) is 0 Å². The van der Waals surface area contributed by atoms with Crippen molar-refractivity contribution in [2.75, 3.05) is 39.3 Å². The van der Waals surface area contributed by atoms with Crippen molar-refractivity contribution in [2.24, 2.45) is 0 Å². The number of hydrogen-bond donors (Lipinski definition) is 1. The minimum absolute atomic E-state index is 0.124. The van der Waals surface area contributed by atoms with Crippen molar-refractivity contribution in [3.05, 3.63) is 16.1 Å². The number of rotatable bonds is 5. The van der Waals surface area contributed by atoms with E-state index < -0.39 is 0 Å². The van der Waals surface area contributed by atoms with Gasteiger partial charge in [-0.25, -0.2) is 4.98 Å². The lowest BCUT2D eigenvalue weighted by Gasteiger charge is -2.34. The summed E-state index contributed by atoms with van der Waals surface area (Å²) in [5.74, 6) is 0.518. The zero-order chi connectivity index (χ0) is 13.7. The van der Waals surface area contributed by atoms with Crippen LogP contribution in [0.1, 0.15) is 10.7 Å². The van der Waals surface area contributed by atoms with Crippen LogP contribution in [0.2, 0.25) is 0 Å². The summed E-state index contributed by atoms with van der Waals surface area (Å²) in [7, 11) is 0. The number of thiazole rings is 1. The molecule has 5 nitrogen and oxygen atoms in total. The maximum atomic E-state index is 12.1. The predicted molar refractivity (Wildman–Crippen MR) is 75.5 cm³/mol. The van der Waals surface area contributed by atoms with Crippen LogP contribution in [-0.2, 0) is 17.1 Å². The molecular formula is C12H18ClN3O2S. The molecule has 1 aliphatic heterocycles. The van der Waals surface area contributed by atoms with Gasteiger partial charge in [0, 0.05) is 38.1 Å². The summed E-state index contributed by atoms with van der Waals surface area (Å²) < 4.78 is 0. The molecule has 0 radical (unpaired) electrons. The van der Waals surface area contributed by atoms with E-state index in [0.717, 1.165) is 36.9 Å². The van der Waals surface area contributed by atoms with Gasteiger partial charge in [-0.2, -0.15) is 0 Å². The SMILES string of the molecule is O=C(Cc1nc(CCl)cs1)N1CCN(CCO)CC1. The zero-order valence-corrected chi connectivity index (χ0v) is 12.3. The Labute approximate surface area is 121 Å². The molecule has 19 heavy (non-hydrogen) atoms. The fraction of sp³-hybridized carbons (Fsp3) is 0.667. The molecule has 0 saturated carbocycles. The van der Waals surface area contributed by atoms with Crippen molar-refractivity contribution in [3.8, 4) is 0 Å². The molecule has 0 aliphatic carbocycles. The summed E-state index contributed by atoms with van der Waals surface area (Å²) >= 11 is 7.18. The van der Waals surface area contributed by atoms with Crippen molar-refractivity contribution >= 4 is 28.8 Å². The highest BCUT2D eigenvalue weighted by Crippen LogP contribution is 2.13. The molecular weight excluding hydrogens is 286 g/mol. The summed E-state index contributed by atoms with van der Waals surface area (Å²) in [6, 6.07) is 0. The molecule has 2 rings (SSSR count). The minimum atomic E-state index is 0.124. The highest BCUT2D eigenvalue weighted by atomic mass is 35.5. The Morgan fingerprint density at radius 1 is 1.42 bits per heavy atom. The lowest BCUT2D eigenvalue weighted by molar-refractivity contribution is -0.132. The van der Waals surface area contributed by atoms with Gasteiger partial charge in [-0.1, -0.05) is 0 Å². The molecule has 1 N–H and O–H groups in total. The molecule has 1 saturated heterocycles. The normalized spacial score (nSPS) is 16.8. The van der Waals surface area contributed by atoms with E-state index in [1.807, 2.05) is 10.3 Å². The van der Waals surface area contributed by atoms with Crippen LogP contribution in [0.15, 0.2) is 5.38 Å². The Kier molecular flexibility index (Phi) is 5.57. The molecule has 0 bridgehead atoms. The highest BCUT2D eigenvalue weighted by molar-refractivity contribution is 7.09. The maximum absolute atomic E-state index is 12.1. The van der Waals surface area contributed by atoms with Gasteiger partial charge in [-0.3, -0.25) is 9.69 Å². The first-order valence-electron chi connectivity index (χ1n) is 6.33. The summed E-state index contributed by atoms with van der Waals surface area (Å²) in [5.41, 5.74) is 0.835. The second kappa shape index (κ2) is 7.19. The van der Waals surface area contributed by atoms with Gasteiger partial charge in [-0.05, 0) is 0 Å². The highest BCUT2D eigenvalue weighted by Gasteiger charge is 2.21. The van der Waals surface area contributed by atoms with Crippen molar-refractivity contribution in [2.45, 2.75) is 12.3 Å². The molecule has 7 heteroatoms. The van der Waals surface area contributed by atoms with Crippen LogP contribution < -0.4 is 0 Å². The van der Waals surface area contributed by atoms with E-state index >= 15 is 0 Å². The number of β-amino-alcohol motifs (C(OH)–C–C–N with tert-alkyl or cyclic N) is 1. The molecule has 1 aliphatic rings. The van der Waals surface area contributed by atoms with Gasteiger partial charge in [0.2, 0.25) is 5.91 Å². The predicted octanol–water partition coefficient (Wildman–Crippen LogP) is 0.561. The number of aliphatic hydroxyl groups excluding tert-OH is 1. The molecule has 1 amide bonds. The maximum Gasteiger partial charge on any atom is 0.229 e. The molecule has 1 aromatic rings. The molecule has 2 heterocycles. The van der Waals surface area contributed by atoms with Gasteiger partial charge in [-0.15, -0.1) is 22.9 Å². The smallest absolute Gasteiger partial charge is 0.229 e. The van der Waals surface area contributed by atoms with Crippen LogP contribution in [-0.4, -0.2) is 65.1 Å². The van der Waals surface area contributed by atoms with Gasteiger partial charge in [0.1, 0.15) is 5.01 Å². The van der Waals surface area contributed by atoms with Crippen LogP contribution in [0.3, 0.4) is 0 Å². The Bertz CT molecular complexity index is 419. The van der Waals surface area contributed by atoms with E-state index in [9.17, 15) is 4.79 Å². The average Bonchev–Trinajstić information content (AvgIpc) is 2.87. The second-order valence-electron chi connectivity index (χ2n) is 4.49. The zero-order valence-electron chi connectivity index (χ0n) is 10.7. The first-order valence-corrected chi connectivity index (χ1v) is 7.74.